The Kier molecular flexibility index (Phi) is 4.20. The lowest BCUT2D eigenvalue weighted by Gasteiger charge is -2.11. The van der Waals surface area contributed by atoms with Crippen LogP contribution in [0.25, 0.3) is 34.1 Å². The van der Waals surface area contributed by atoms with Gasteiger partial charge in [0.2, 0.25) is 5.82 Å². The normalized spacial score (nSPS) is 13.6. The van der Waals surface area contributed by atoms with E-state index < -0.39 is 0 Å². The second-order valence-corrected chi connectivity index (χ2v) is 8.18. The van der Waals surface area contributed by atoms with Crippen molar-refractivity contribution in [3.05, 3.63) is 58.9 Å². The minimum atomic E-state index is 0.524. The zero-order chi connectivity index (χ0) is 19.1. The van der Waals surface area contributed by atoms with Gasteiger partial charge in [-0.3, -0.25) is 0 Å². The van der Waals surface area contributed by atoms with Gasteiger partial charge in [-0.1, -0.05) is 23.4 Å². The Hall–Kier alpha value is -2.99. The van der Waals surface area contributed by atoms with Gasteiger partial charge >= 0.3 is 0 Å². The molecule has 0 unspecified atom stereocenters. The Morgan fingerprint density at radius 1 is 0.964 bits per heavy atom. The molecule has 1 aliphatic carbocycles. The number of hydrogen-bond acceptors (Lipinski definition) is 6. The highest BCUT2D eigenvalue weighted by molar-refractivity contribution is 7.10. The average Bonchev–Trinajstić information content (AvgIpc) is 3.26. The molecule has 1 aliphatic rings. The highest BCUT2D eigenvalue weighted by Gasteiger charge is 2.26. The van der Waals surface area contributed by atoms with Gasteiger partial charge in [-0.2, -0.15) is 4.98 Å². The van der Waals surface area contributed by atoms with E-state index in [9.17, 15) is 0 Å². The van der Waals surface area contributed by atoms with E-state index >= 15 is 0 Å². The van der Waals surface area contributed by atoms with Crippen LogP contribution in [0.1, 0.15) is 23.8 Å². The smallest absolute Gasteiger partial charge is 0.258 e. The molecule has 4 aromatic rings. The summed E-state index contributed by atoms with van der Waals surface area (Å²) in [5.41, 5.74) is 5.08. The van der Waals surface area contributed by atoms with Crippen molar-refractivity contribution in [2.45, 2.75) is 18.8 Å². The highest BCUT2D eigenvalue weighted by Crippen LogP contribution is 2.42. The van der Waals surface area contributed by atoms with Crippen LogP contribution in [-0.2, 0) is 0 Å². The molecule has 5 nitrogen and oxygen atoms in total. The lowest BCUT2D eigenvalue weighted by molar-refractivity contribution is 0.432. The van der Waals surface area contributed by atoms with Crippen molar-refractivity contribution in [1.82, 2.24) is 15.1 Å². The monoisotopic (exact) mass is 388 g/mol. The number of rotatable bonds is 5. The minimum Gasteiger partial charge on any atom is -0.378 e. The Bertz CT molecular complexity index is 1110. The molecule has 0 bridgehead atoms. The molecule has 0 saturated heterocycles. The van der Waals surface area contributed by atoms with Crippen LogP contribution in [0.2, 0.25) is 0 Å². The molecular formula is C22H20N4OS. The van der Waals surface area contributed by atoms with Gasteiger partial charge in [-0.25, -0.2) is 4.98 Å². The van der Waals surface area contributed by atoms with Gasteiger partial charge in [0.1, 0.15) is 0 Å². The summed E-state index contributed by atoms with van der Waals surface area (Å²) >= 11 is 1.76. The van der Waals surface area contributed by atoms with Crippen molar-refractivity contribution in [3.63, 3.8) is 0 Å². The molecule has 2 aromatic heterocycles. The molecule has 0 amide bonds. The van der Waals surface area contributed by atoms with Crippen LogP contribution in [0, 0.1) is 0 Å². The fourth-order valence-electron chi connectivity index (χ4n) is 3.12. The predicted molar refractivity (Wildman–Crippen MR) is 113 cm³/mol. The number of thiazole rings is 1. The zero-order valence-corrected chi connectivity index (χ0v) is 16.6. The van der Waals surface area contributed by atoms with E-state index in [0.29, 0.717) is 17.6 Å². The van der Waals surface area contributed by atoms with Gasteiger partial charge in [0.05, 0.1) is 10.7 Å². The van der Waals surface area contributed by atoms with Crippen LogP contribution in [0.4, 0.5) is 5.69 Å². The maximum atomic E-state index is 5.51. The van der Waals surface area contributed by atoms with Gasteiger partial charge in [-0.05, 0) is 43.2 Å². The van der Waals surface area contributed by atoms with E-state index in [2.05, 4.69) is 32.6 Å². The molecular weight excluding hydrogens is 368 g/mol. The SMILES string of the molecule is CN(C)c1ccc(-c2nc(-c3cccc(-c4csc(C5CC5)n4)c3)no2)cc1. The van der Waals surface area contributed by atoms with Crippen LogP contribution < -0.4 is 4.90 Å². The number of hydrogen-bond donors (Lipinski definition) is 0. The summed E-state index contributed by atoms with van der Waals surface area (Å²) in [4.78, 5) is 11.5. The van der Waals surface area contributed by atoms with Crippen LogP contribution in [0.5, 0.6) is 0 Å². The Balaban J connectivity index is 1.42. The molecule has 0 spiro atoms. The highest BCUT2D eigenvalue weighted by atomic mass is 32.1. The number of anilines is 1. The maximum Gasteiger partial charge on any atom is 0.258 e. The van der Waals surface area contributed by atoms with E-state index in [1.54, 1.807) is 11.3 Å². The zero-order valence-electron chi connectivity index (χ0n) is 15.8. The van der Waals surface area contributed by atoms with Crippen LogP contribution in [0.3, 0.4) is 0 Å². The Morgan fingerprint density at radius 2 is 1.75 bits per heavy atom. The summed E-state index contributed by atoms with van der Waals surface area (Å²) < 4.78 is 5.51. The lowest BCUT2D eigenvalue weighted by Crippen LogP contribution is -2.07. The van der Waals surface area contributed by atoms with Crippen molar-refractivity contribution in [2.75, 3.05) is 19.0 Å². The third-order valence-corrected chi connectivity index (χ3v) is 5.93. The molecule has 0 N–H and O–H groups in total. The van der Waals surface area contributed by atoms with Crippen LogP contribution >= 0.6 is 11.3 Å². The summed E-state index contributed by atoms with van der Waals surface area (Å²) in [7, 11) is 4.03. The van der Waals surface area contributed by atoms with E-state index in [4.69, 9.17) is 9.51 Å². The fraction of sp³-hybridized carbons (Fsp3) is 0.227. The Morgan fingerprint density at radius 3 is 2.50 bits per heavy atom. The van der Waals surface area contributed by atoms with Crippen molar-refractivity contribution in [1.29, 1.82) is 0 Å². The molecule has 6 heteroatoms. The third-order valence-electron chi connectivity index (χ3n) is 4.92. The third kappa shape index (κ3) is 3.31. The van der Waals surface area contributed by atoms with Crippen molar-refractivity contribution >= 4 is 17.0 Å². The molecule has 0 radical (unpaired) electrons. The molecule has 0 aliphatic heterocycles. The van der Waals surface area contributed by atoms with E-state index in [1.807, 2.05) is 50.5 Å². The topological polar surface area (TPSA) is 55.1 Å². The van der Waals surface area contributed by atoms with Crippen molar-refractivity contribution in [2.24, 2.45) is 0 Å². The summed E-state index contributed by atoms with van der Waals surface area (Å²) in [5.74, 6) is 1.79. The second-order valence-electron chi connectivity index (χ2n) is 7.29. The molecule has 0 atom stereocenters. The molecule has 1 fully saturated rings. The van der Waals surface area contributed by atoms with Gasteiger partial charge in [0.15, 0.2) is 0 Å². The maximum absolute atomic E-state index is 5.51. The molecule has 2 heterocycles. The summed E-state index contributed by atoms with van der Waals surface area (Å²) in [6.45, 7) is 0. The standard InChI is InChI=1S/C22H20N4OS/c1-26(2)18-10-8-14(9-11-18)21-24-20(25-27-21)17-5-3-4-16(12-17)19-13-28-22(23-19)15-6-7-15/h3-5,8-13,15H,6-7H2,1-2H3. The quantitative estimate of drug-likeness (QED) is 0.454. The van der Waals surface area contributed by atoms with Crippen molar-refractivity contribution in [3.8, 4) is 34.1 Å². The van der Waals surface area contributed by atoms with Crippen LogP contribution in [-0.4, -0.2) is 29.2 Å². The summed E-state index contributed by atoms with van der Waals surface area (Å²) in [6, 6.07) is 16.3. The second kappa shape index (κ2) is 6.87. The van der Waals surface area contributed by atoms with Gasteiger partial charge in [0.25, 0.3) is 5.89 Å². The first-order valence-corrected chi connectivity index (χ1v) is 10.2. The largest absolute Gasteiger partial charge is 0.378 e. The van der Waals surface area contributed by atoms with E-state index in [0.717, 1.165) is 28.1 Å². The van der Waals surface area contributed by atoms with E-state index in [-0.39, 0.29) is 0 Å². The number of benzene rings is 2. The van der Waals surface area contributed by atoms with Crippen molar-refractivity contribution < 1.29 is 4.52 Å². The minimum absolute atomic E-state index is 0.524. The average molecular weight is 388 g/mol. The van der Waals surface area contributed by atoms with E-state index in [1.165, 1.54) is 17.8 Å². The number of aromatic nitrogens is 3. The lowest BCUT2D eigenvalue weighted by atomic mass is 10.1. The molecule has 28 heavy (non-hydrogen) atoms. The van der Waals surface area contributed by atoms with Gasteiger partial charge in [-0.15, -0.1) is 11.3 Å². The predicted octanol–water partition coefficient (Wildman–Crippen LogP) is 5.47. The Labute approximate surface area is 167 Å². The first kappa shape index (κ1) is 17.1. The fourth-order valence-corrected chi connectivity index (χ4v) is 4.12. The summed E-state index contributed by atoms with van der Waals surface area (Å²) in [5, 5.41) is 7.58. The van der Waals surface area contributed by atoms with Crippen LogP contribution in [0.15, 0.2) is 58.4 Å². The first-order chi connectivity index (χ1) is 13.7. The van der Waals surface area contributed by atoms with Gasteiger partial charge in [0, 0.05) is 47.8 Å². The number of nitrogens with zero attached hydrogens (tertiary/aromatic N) is 4. The molecule has 140 valence electrons. The molecule has 5 rings (SSSR count). The van der Waals surface area contributed by atoms with Gasteiger partial charge < -0.3 is 9.42 Å². The first-order valence-electron chi connectivity index (χ1n) is 9.35. The molecule has 1 saturated carbocycles. The summed E-state index contributed by atoms with van der Waals surface area (Å²) in [6.07, 6.45) is 2.54. The molecule has 2 aromatic carbocycles.